The van der Waals surface area contributed by atoms with E-state index in [9.17, 15) is 9.59 Å². The fraction of sp³-hybridized carbons (Fsp3) is 0.467. The molecule has 0 aliphatic heterocycles. The molecule has 108 valence electrons. The van der Waals surface area contributed by atoms with E-state index in [0.717, 1.165) is 24.3 Å². The molecule has 1 aromatic carbocycles. The summed E-state index contributed by atoms with van der Waals surface area (Å²) >= 11 is 0. The lowest BCUT2D eigenvalue weighted by atomic mass is 10.1. The highest BCUT2D eigenvalue weighted by Crippen LogP contribution is 2.46. The summed E-state index contributed by atoms with van der Waals surface area (Å²) in [7, 11) is 1.56. The maximum atomic E-state index is 12.2. The van der Waals surface area contributed by atoms with Crippen LogP contribution in [0.3, 0.4) is 0 Å². The molecule has 20 heavy (non-hydrogen) atoms. The average Bonchev–Trinajstić information content (AvgIpc) is 3.26. The molecular weight excluding hydrogens is 254 g/mol. The van der Waals surface area contributed by atoms with Gasteiger partial charge in [-0.15, -0.1) is 0 Å². The van der Waals surface area contributed by atoms with Crippen molar-refractivity contribution in [3.8, 4) is 0 Å². The van der Waals surface area contributed by atoms with Gasteiger partial charge in [0.25, 0.3) is 0 Å². The average molecular weight is 275 g/mol. The maximum absolute atomic E-state index is 12.2. The Labute approximate surface area is 119 Å². The van der Waals surface area contributed by atoms with Crippen LogP contribution in [-0.4, -0.2) is 25.4 Å². The van der Waals surface area contributed by atoms with Gasteiger partial charge < -0.3 is 16.0 Å². The Morgan fingerprint density at radius 2 is 2.00 bits per heavy atom. The third kappa shape index (κ3) is 2.99. The van der Waals surface area contributed by atoms with Gasteiger partial charge in [-0.1, -0.05) is 19.1 Å². The van der Waals surface area contributed by atoms with Crippen LogP contribution < -0.4 is 16.0 Å². The lowest BCUT2D eigenvalue weighted by Crippen LogP contribution is -2.38. The molecule has 0 atom stereocenters. The monoisotopic (exact) mass is 275 g/mol. The Balaban J connectivity index is 2.03. The molecule has 1 aliphatic carbocycles. The van der Waals surface area contributed by atoms with E-state index >= 15 is 0 Å². The predicted octanol–water partition coefficient (Wildman–Crippen LogP) is 1.26. The number of benzene rings is 1. The second kappa shape index (κ2) is 6.05. The summed E-state index contributed by atoms with van der Waals surface area (Å²) in [5.74, 6) is -0.406. The predicted molar refractivity (Wildman–Crippen MR) is 78.2 cm³/mol. The van der Waals surface area contributed by atoms with Gasteiger partial charge in [-0.3, -0.25) is 9.59 Å². The second-order valence-electron chi connectivity index (χ2n) is 5.10. The molecule has 0 bridgehead atoms. The van der Waals surface area contributed by atoms with Crippen molar-refractivity contribution in [2.24, 2.45) is 5.41 Å². The van der Waals surface area contributed by atoms with Gasteiger partial charge in [0.2, 0.25) is 11.8 Å². The normalized spacial score (nSPS) is 15.5. The Hall–Kier alpha value is -1.88. The Kier molecular flexibility index (Phi) is 4.39. The van der Waals surface area contributed by atoms with E-state index in [0.29, 0.717) is 12.8 Å². The molecule has 1 fully saturated rings. The van der Waals surface area contributed by atoms with Crippen LogP contribution in [0, 0.1) is 5.41 Å². The van der Waals surface area contributed by atoms with Gasteiger partial charge in [0.05, 0.1) is 0 Å². The lowest BCUT2D eigenvalue weighted by Gasteiger charge is -2.14. The third-order valence-electron chi connectivity index (χ3n) is 3.61. The van der Waals surface area contributed by atoms with Crippen LogP contribution in [0.25, 0.3) is 0 Å². The van der Waals surface area contributed by atoms with Crippen LogP contribution in [0.2, 0.25) is 0 Å². The molecule has 3 N–H and O–H groups in total. The summed E-state index contributed by atoms with van der Waals surface area (Å²) in [6.07, 6.45) is 1.24. The highest BCUT2D eigenvalue weighted by atomic mass is 16.2. The van der Waals surface area contributed by atoms with Crippen LogP contribution in [0.1, 0.15) is 25.3 Å². The summed E-state index contributed by atoms with van der Waals surface area (Å²) in [5, 5.41) is 8.65. The van der Waals surface area contributed by atoms with Crippen LogP contribution in [0.15, 0.2) is 24.3 Å². The van der Waals surface area contributed by atoms with Gasteiger partial charge in [0, 0.05) is 19.3 Å². The van der Waals surface area contributed by atoms with Crippen molar-refractivity contribution in [1.82, 2.24) is 10.6 Å². The number of hydrogen-bond acceptors (Lipinski definition) is 3. The van der Waals surface area contributed by atoms with E-state index in [2.05, 4.69) is 16.0 Å². The summed E-state index contributed by atoms with van der Waals surface area (Å²) < 4.78 is 0. The zero-order chi connectivity index (χ0) is 14.6. The number of rotatable bonds is 6. The van der Waals surface area contributed by atoms with Crippen molar-refractivity contribution in [2.45, 2.75) is 26.3 Å². The van der Waals surface area contributed by atoms with Crippen LogP contribution in [0.5, 0.6) is 0 Å². The first-order valence-corrected chi connectivity index (χ1v) is 6.95. The Bertz CT molecular complexity index is 510. The van der Waals surface area contributed by atoms with Gasteiger partial charge in [-0.25, -0.2) is 0 Å². The molecule has 0 aromatic heterocycles. The van der Waals surface area contributed by atoms with Gasteiger partial charge in [-0.2, -0.15) is 0 Å². The highest BCUT2D eigenvalue weighted by Gasteiger charge is 2.56. The van der Waals surface area contributed by atoms with E-state index in [-0.39, 0.29) is 11.8 Å². The van der Waals surface area contributed by atoms with Gasteiger partial charge in [0.1, 0.15) is 5.41 Å². The molecule has 0 heterocycles. The molecule has 5 heteroatoms. The minimum absolute atomic E-state index is 0.196. The van der Waals surface area contributed by atoms with Crippen molar-refractivity contribution in [2.75, 3.05) is 18.9 Å². The first-order valence-electron chi connectivity index (χ1n) is 6.95. The zero-order valence-electron chi connectivity index (χ0n) is 12.0. The molecule has 0 saturated heterocycles. The topological polar surface area (TPSA) is 70.2 Å². The Morgan fingerprint density at radius 3 is 2.60 bits per heavy atom. The summed E-state index contributed by atoms with van der Waals surface area (Å²) in [5.41, 5.74) is 0.988. The summed E-state index contributed by atoms with van der Waals surface area (Å²) in [4.78, 5) is 24.0. The lowest BCUT2D eigenvalue weighted by molar-refractivity contribution is -0.134. The minimum atomic E-state index is -0.855. The van der Waals surface area contributed by atoms with E-state index in [1.165, 1.54) is 0 Å². The summed E-state index contributed by atoms with van der Waals surface area (Å²) in [6, 6.07) is 7.68. The molecule has 1 aliphatic rings. The standard InChI is InChI=1S/C15H21N3O2/c1-3-17-10-11-5-4-6-12(9-11)18-14(20)15(7-8-15)13(19)16-2/h4-6,9,17H,3,7-8,10H2,1-2H3,(H,16,19)(H,18,20). The van der Waals surface area contributed by atoms with E-state index in [4.69, 9.17) is 0 Å². The van der Waals surface area contributed by atoms with Crippen LogP contribution in [0.4, 0.5) is 5.69 Å². The number of anilines is 1. The number of amides is 2. The first-order chi connectivity index (χ1) is 9.62. The number of hydrogen-bond donors (Lipinski definition) is 3. The largest absolute Gasteiger partial charge is 0.358 e. The highest BCUT2D eigenvalue weighted by molar-refractivity contribution is 6.12. The molecule has 1 aromatic rings. The number of carbonyl (C=O) groups excluding carboxylic acids is 2. The molecule has 0 spiro atoms. The van der Waals surface area contributed by atoms with Crippen molar-refractivity contribution < 1.29 is 9.59 Å². The van der Waals surface area contributed by atoms with Crippen molar-refractivity contribution in [3.05, 3.63) is 29.8 Å². The molecule has 5 nitrogen and oxygen atoms in total. The smallest absolute Gasteiger partial charge is 0.240 e. The maximum Gasteiger partial charge on any atom is 0.240 e. The van der Waals surface area contributed by atoms with Crippen molar-refractivity contribution in [3.63, 3.8) is 0 Å². The van der Waals surface area contributed by atoms with Gasteiger partial charge in [0.15, 0.2) is 0 Å². The zero-order valence-corrected chi connectivity index (χ0v) is 12.0. The van der Waals surface area contributed by atoms with Gasteiger partial charge in [-0.05, 0) is 37.1 Å². The van der Waals surface area contributed by atoms with Crippen molar-refractivity contribution in [1.29, 1.82) is 0 Å². The molecule has 0 radical (unpaired) electrons. The number of carbonyl (C=O) groups is 2. The molecular formula is C15H21N3O2. The fourth-order valence-electron chi connectivity index (χ4n) is 2.20. The SMILES string of the molecule is CCNCc1cccc(NC(=O)C2(C(=O)NC)CC2)c1. The first kappa shape index (κ1) is 14.5. The number of nitrogens with one attached hydrogen (secondary N) is 3. The molecule has 1 saturated carbocycles. The fourth-order valence-corrected chi connectivity index (χ4v) is 2.20. The van der Waals surface area contributed by atoms with E-state index in [1.54, 1.807) is 7.05 Å². The minimum Gasteiger partial charge on any atom is -0.358 e. The van der Waals surface area contributed by atoms with Gasteiger partial charge >= 0.3 is 0 Å². The quantitative estimate of drug-likeness (QED) is 0.685. The summed E-state index contributed by atoms with van der Waals surface area (Å²) in [6.45, 7) is 3.71. The van der Waals surface area contributed by atoms with Crippen LogP contribution >= 0.6 is 0 Å². The van der Waals surface area contributed by atoms with E-state index < -0.39 is 5.41 Å². The third-order valence-corrected chi connectivity index (χ3v) is 3.61. The molecule has 2 rings (SSSR count). The van der Waals surface area contributed by atoms with E-state index in [1.807, 2.05) is 31.2 Å². The Morgan fingerprint density at radius 1 is 1.25 bits per heavy atom. The molecule has 2 amide bonds. The van der Waals surface area contributed by atoms with Crippen molar-refractivity contribution >= 4 is 17.5 Å². The molecule has 0 unspecified atom stereocenters. The second-order valence-corrected chi connectivity index (χ2v) is 5.10. The van der Waals surface area contributed by atoms with Crippen LogP contribution in [-0.2, 0) is 16.1 Å².